The van der Waals surface area contributed by atoms with E-state index in [-0.39, 0.29) is 29.8 Å². The molecule has 1 aromatic rings. The van der Waals surface area contributed by atoms with Gasteiger partial charge in [-0.1, -0.05) is 12.1 Å². The number of hydrogen-bond donors (Lipinski definition) is 1. The molecule has 1 heterocycles. The molecule has 1 aromatic carbocycles. The Morgan fingerprint density at radius 2 is 2.19 bits per heavy atom. The van der Waals surface area contributed by atoms with Gasteiger partial charge in [0.25, 0.3) is 0 Å². The van der Waals surface area contributed by atoms with Crippen molar-refractivity contribution in [3.05, 3.63) is 35.6 Å². The second-order valence-corrected chi connectivity index (χ2v) is 6.76. The monoisotopic (exact) mass is 365 g/mol. The lowest BCUT2D eigenvalue weighted by Crippen LogP contribution is -2.46. The van der Waals surface area contributed by atoms with E-state index < -0.39 is 0 Å². The third kappa shape index (κ3) is 5.42. The zero-order chi connectivity index (χ0) is 19.1. The summed E-state index contributed by atoms with van der Waals surface area (Å²) < 4.78 is 18.5. The summed E-state index contributed by atoms with van der Waals surface area (Å²) in [6, 6.07) is 6.28. The number of rotatable bonds is 6. The van der Waals surface area contributed by atoms with Gasteiger partial charge in [0.05, 0.1) is 18.6 Å². The fourth-order valence-electron chi connectivity index (χ4n) is 3.23. The summed E-state index contributed by atoms with van der Waals surface area (Å²) in [7, 11) is 3.79. The average Bonchev–Trinajstić information content (AvgIpc) is 2.62. The summed E-state index contributed by atoms with van der Waals surface area (Å²) in [6.45, 7) is 3.46. The van der Waals surface area contributed by atoms with E-state index in [2.05, 4.69) is 5.32 Å². The Hall–Kier alpha value is -2.15. The van der Waals surface area contributed by atoms with Crippen LogP contribution in [0.2, 0.25) is 0 Å². The summed E-state index contributed by atoms with van der Waals surface area (Å²) in [4.78, 5) is 28.0. The van der Waals surface area contributed by atoms with E-state index in [1.807, 2.05) is 25.1 Å². The van der Waals surface area contributed by atoms with Gasteiger partial charge in [0.2, 0.25) is 5.91 Å². The number of halogens is 1. The van der Waals surface area contributed by atoms with Crippen LogP contribution in [0.4, 0.5) is 9.18 Å². The summed E-state index contributed by atoms with van der Waals surface area (Å²) in [5, 5.41) is 2.96. The molecule has 1 aliphatic heterocycles. The quantitative estimate of drug-likeness (QED) is 0.841. The van der Waals surface area contributed by atoms with Gasteiger partial charge >= 0.3 is 6.09 Å². The summed E-state index contributed by atoms with van der Waals surface area (Å²) >= 11 is 0. The summed E-state index contributed by atoms with van der Waals surface area (Å²) in [6.07, 6.45) is 1.16. The highest BCUT2D eigenvalue weighted by atomic mass is 19.1. The maximum atomic E-state index is 13.5. The van der Waals surface area contributed by atoms with Crippen molar-refractivity contribution in [2.24, 2.45) is 5.92 Å². The van der Waals surface area contributed by atoms with Crippen LogP contribution < -0.4 is 5.32 Å². The molecule has 2 unspecified atom stereocenters. The molecule has 1 saturated heterocycles. The van der Waals surface area contributed by atoms with Gasteiger partial charge in [-0.3, -0.25) is 4.79 Å². The molecule has 0 saturated carbocycles. The maximum absolute atomic E-state index is 13.5. The van der Waals surface area contributed by atoms with Crippen molar-refractivity contribution < 1.29 is 18.7 Å². The first-order valence-electron chi connectivity index (χ1n) is 9.03. The van der Waals surface area contributed by atoms with Gasteiger partial charge in [0, 0.05) is 19.6 Å². The lowest BCUT2D eigenvalue weighted by molar-refractivity contribution is -0.126. The van der Waals surface area contributed by atoms with E-state index in [0.717, 1.165) is 18.4 Å². The largest absolute Gasteiger partial charge is 0.450 e. The van der Waals surface area contributed by atoms with Gasteiger partial charge in [-0.25, -0.2) is 9.18 Å². The number of likely N-dealkylation sites (N-methyl/N-ethyl adjacent to an activating group) is 1. The van der Waals surface area contributed by atoms with Gasteiger partial charge in [0.1, 0.15) is 5.82 Å². The third-order valence-corrected chi connectivity index (χ3v) is 4.64. The van der Waals surface area contributed by atoms with E-state index in [0.29, 0.717) is 26.2 Å². The molecule has 1 aliphatic rings. The molecule has 0 bridgehead atoms. The van der Waals surface area contributed by atoms with Gasteiger partial charge < -0.3 is 19.9 Å². The van der Waals surface area contributed by atoms with E-state index in [1.165, 1.54) is 12.1 Å². The maximum Gasteiger partial charge on any atom is 0.409 e. The van der Waals surface area contributed by atoms with E-state index in [9.17, 15) is 14.0 Å². The van der Waals surface area contributed by atoms with Crippen LogP contribution in [0.25, 0.3) is 0 Å². The number of ether oxygens (including phenoxy) is 1. The van der Waals surface area contributed by atoms with Crippen LogP contribution in [0, 0.1) is 11.7 Å². The van der Waals surface area contributed by atoms with Crippen LogP contribution in [-0.4, -0.2) is 62.1 Å². The molecule has 0 aromatic heterocycles. The number of benzene rings is 1. The zero-order valence-corrected chi connectivity index (χ0v) is 15.7. The topological polar surface area (TPSA) is 61.9 Å². The highest BCUT2D eigenvalue weighted by Gasteiger charge is 2.29. The standard InChI is InChI=1S/C19H28FN3O3/c1-4-26-19(25)23-10-6-8-15(13-23)18(24)21-12-17(22(2)3)14-7-5-9-16(20)11-14/h5,7,9,11,15,17H,4,6,8,10,12-13H2,1-3H3,(H,21,24). The Balaban J connectivity index is 1.94. The number of likely N-dealkylation sites (tertiary alicyclic amines) is 1. The SMILES string of the molecule is CCOC(=O)N1CCCC(C(=O)NCC(c2cccc(F)c2)N(C)C)C1. The van der Waals surface area contributed by atoms with Gasteiger partial charge in [-0.2, -0.15) is 0 Å². The Morgan fingerprint density at radius 1 is 1.42 bits per heavy atom. The van der Waals surface area contributed by atoms with Crippen molar-refractivity contribution in [2.75, 3.05) is 40.3 Å². The minimum absolute atomic E-state index is 0.0812. The molecule has 2 atom stereocenters. The Bertz CT molecular complexity index is 624. The fraction of sp³-hybridized carbons (Fsp3) is 0.579. The zero-order valence-electron chi connectivity index (χ0n) is 15.7. The molecule has 1 N–H and O–H groups in total. The number of piperidine rings is 1. The number of carbonyl (C=O) groups is 2. The van der Waals surface area contributed by atoms with E-state index in [4.69, 9.17) is 4.74 Å². The number of nitrogens with zero attached hydrogens (tertiary/aromatic N) is 2. The molecule has 144 valence electrons. The lowest BCUT2D eigenvalue weighted by atomic mass is 9.97. The average molecular weight is 365 g/mol. The van der Waals surface area contributed by atoms with E-state index in [1.54, 1.807) is 17.9 Å². The van der Waals surface area contributed by atoms with Gasteiger partial charge in [-0.15, -0.1) is 0 Å². The van der Waals surface area contributed by atoms with Crippen LogP contribution in [0.5, 0.6) is 0 Å². The van der Waals surface area contributed by atoms with Crippen LogP contribution >= 0.6 is 0 Å². The predicted octanol–water partition coefficient (Wildman–Crippen LogP) is 2.41. The van der Waals surface area contributed by atoms with Crippen LogP contribution in [0.3, 0.4) is 0 Å². The molecule has 2 amide bonds. The normalized spacial score (nSPS) is 18.5. The number of amides is 2. The Kier molecular flexibility index (Phi) is 7.38. The Labute approximate surface area is 154 Å². The molecule has 6 nitrogen and oxygen atoms in total. The molecule has 0 radical (unpaired) electrons. The first-order valence-corrected chi connectivity index (χ1v) is 9.03. The number of hydrogen-bond acceptors (Lipinski definition) is 4. The van der Waals surface area contributed by atoms with Crippen molar-refractivity contribution in [3.63, 3.8) is 0 Å². The van der Waals surface area contributed by atoms with Crippen molar-refractivity contribution >= 4 is 12.0 Å². The van der Waals surface area contributed by atoms with Gasteiger partial charge in [-0.05, 0) is 51.6 Å². The highest BCUT2D eigenvalue weighted by molar-refractivity contribution is 5.80. The Morgan fingerprint density at radius 3 is 2.85 bits per heavy atom. The van der Waals surface area contributed by atoms with Crippen molar-refractivity contribution in [3.8, 4) is 0 Å². The minimum Gasteiger partial charge on any atom is -0.450 e. The molecule has 26 heavy (non-hydrogen) atoms. The molecule has 0 aliphatic carbocycles. The van der Waals surface area contributed by atoms with Crippen LogP contribution in [0.15, 0.2) is 24.3 Å². The second-order valence-electron chi connectivity index (χ2n) is 6.76. The minimum atomic E-state index is -0.365. The molecule has 7 heteroatoms. The van der Waals surface area contributed by atoms with E-state index >= 15 is 0 Å². The molecule has 1 fully saturated rings. The lowest BCUT2D eigenvalue weighted by Gasteiger charge is -2.32. The predicted molar refractivity (Wildman–Crippen MR) is 97.2 cm³/mol. The number of carbonyl (C=O) groups excluding carboxylic acids is 2. The third-order valence-electron chi connectivity index (χ3n) is 4.64. The second kappa shape index (κ2) is 9.52. The molecule has 0 spiro atoms. The summed E-state index contributed by atoms with van der Waals surface area (Å²) in [5.74, 6) is -0.622. The highest BCUT2D eigenvalue weighted by Crippen LogP contribution is 2.20. The van der Waals surface area contributed by atoms with Crippen molar-refractivity contribution in [2.45, 2.75) is 25.8 Å². The first-order chi connectivity index (χ1) is 12.4. The first kappa shape index (κ1) is 20.2. The van der Waals surface area contributed by atoms with Crippen molar-refractivity contribution in [1.29, 1.82) is 0 Å². The molecular weight excluding hydrogens is 337 g/mol. The molecule has 2 rings (SSSR count). The summed E-state index contributed by atoms with van der Waals surface area (Å²) in [5.41, 5.74) is 0.812. The number of nitrogens with one attached hydrogen (secondary N) is 1. The smallest absolute Gasteiger partial charge is 0.409 e. The van der Waals surface area contributed by atoms with Crippen LogP contribution in [0.1, 0.15) is 31.4 Å². The molecular formula is C19H28FN3O3. The van der Waals surface area contributed by atoms with Crippen molar-refractivity contribution in [1.82, 2.24) is 15.1 Å². The van der Waals surface area contributed by atoms with Crippen LogP contribution in [-0.2, 0) is 9.53 Å². The van der Waals surface area contributed by atoms with Gasteiger partial charge in [0.15, 0.2) is 0 Å². The fourth-order valence-corrected chi connectivity index (χ4v) is 3.23.